The molecule has 0 saturated carbocycles. The van der Waals surface area contributed by atoms with E-state index in [0.717, 1.165) is 21.9 Å². The third-order valence-corrected chi connectivity index (χ3v) is 6.92. The Balaban J connectivity index is 1.90. The van der Waals surface area contributed by atoms with Crippen LogP contribution in [0.3, 0.4) is 0 Å². The van der Waals surface area contributed by atoms with Gasteiger partial charge in [0.05, 0.1) is 12.6 Å². The Morgan fingerprint density at radius 2 is 1.39 bits per heavy atom. The lowest BCUT2D eigenvalue weighted by molar-refractivity contribution is -0.139. The van der Waals surface area contributed by atoms with Gasteiger partial charge in [-0.25, -0.2) is 4.79 Å². The fourth-order valence-corrected chi connectivity index (χ4v) is 4.46. The third kappa shape index (κ3) is 9.32. The molecule has 0 fully saturated rings. The first-order valence-corrected chi connectivity index (χ1v) is 13.9. The first kappa shape index (κ1) is 31.6. The van der Waals surface area contributed by atoms with Gasteiger partial charge in [0.1, 0.15) is 18.2 Å². The monoisotopic (exact) mass is 561 g/mol. The number of hydrogen-bond acceptors (Lipinski definition) is 5. The van der Waals surface area contributed by atoms with Crippen LogP contribution < -0.4 is 0 Å². The van der Waals surface area contributed by atoms with Crippen molar-refractivity contribution in [2.75, 3.05) is 41.4 Å². The Hall–Kier alpha value is -3.91. The van der Waals surface area contributed by atoms with Crippen molar-refractivity contribution in [1.29, 1.82) is 0 Å². The number of amides is 3. The number of ether oxygens (including phenoxy) is 2. The molecule has 3 rings (SSSR count). The molecule has 0 radical (unpaired) electrons. The van der Waals surface area contributed by atoms with Gasteiger partial charge in [0.2, 0.25) is 11.8 Å². The summed E-state index contributed by atoms with van der Waals surface area (Å²) in [4.78, 5) is 44.0. The zero-order chi connectivity index (χ0) is 30.2. The van der Waals surface area contributed by atoms with Crippen molar-refractivity contribution in [3.8, 4) is 0 Å². The number of hydrogen-bond donors (Lipinski definition) is 0. The molecule has 220 valence electrons. The summed E-state index contributed by atoms with van der Waals surface area (Å²) in [7, 11) is 6.67. The van der Waals surface area contributed by atoms with Gasteiger partial charge in [-0.2, -0.15) is 0 Å². The van der Waals surface area contributed by atoms with Gasteiger partial charge in [0, 0.05) is 34.6 Å². The van der Waals surface area contributed by atoms with Crippen molar-refractivity contribution < 1.29 is 23.9 Å². The molecule has 0 aliphatic carbocycles. The minimum atomic E-state index is -0.822. The van der Waals surface area contributed by atoms with E-state index in [9.17, 15) is 14.4 Å². The van der Waals surface area contributed by atoms with Crippen molar-refractivity contribution in [1.82, 2.24) is 14.7 Å². The van der Waals surface area contributed by atoms with Gasteiger partial charge >= 0.3 is 6.09 Å². The molecule has 2 atom stereocenters. The van der Waals surface area contributed by atoms with E-state index in [2.05, 4.69) is 6.07 Å². The molecule has 41 heavy (non-hydrogen) atoms. The number of carbonyl (C=O) groups is 3. The molecule has 0 heterocycles. The van der Waals surface area contributed by atoms with E-state index in [4.69, 9.17) is 9.47 Å². The van der Waals surface area contributed by atoms with Crippen LogP contribution in [0.4, 0.5) is 4.79 Å². The quantitative estimate of drug-likeness (QED) is 0.336. The van der Waals surface area contributed by atoms with Gasteiger partial charge in [-0.1, -0.05) is 72.8 Å². The summed E-state index contributed by atoms with van der Waals surface area (Å²) in [6.07, 6.45) is 0.261. The molecule has 0 spiro atoms. The highest BCUT2D eigenvalue weighted by molar-refractivity contribution is 5.87. The van der Waals surface area contributed by atoms with Crippen molar-refractivity contribution in [2.45, 2.75) is 51.3 Å². The molecule has 0 bridgehead atoms. The van der Waals surface area contributed by atoms with E-state index in [1.807, 2.05) is 66.7 Å². The van der Waals surface area contributed by atoms with Crippen molar-refractivity contribution in [3.63, 3.8) is 0 Å². The van der Waals surface area contributed by atoms with Crippen LogP contribution in [-0.4, -0.2) is 91.7 Å². The molecule has 0 aromatic heterocycles. The fourth-order valence-electron chi connectivity index (χ4n) is 4.46. The van der Waals surface area contributed by atoms with Gasteiger partial charge < -0.3 is 19.3 Å². The number of benzene rings is 3. The average molecular weight is 562 g/mol. The van der Waals surface area contributed by atoms with Gasteiger partial charge in [-0.05, 0) is 49.1 Å². The maximum atomic E-state index is 14.2. The molecule has 8 nitrogen and oxygen atoms in total. The fraction of sp³-hybridized carbons (Fsp3) is 0.424. The Morgan fingerprint density at radius 3 is 2.02 bits per heavy atom. The van der Waals surface area contributed by atoms with Gasteiger partial charge in [0.25, 0.3) is 0 Å². The van der Waals surface area contributed by atoms with Gasteiger partial charge in [-0.15, -0.1) is 0 Å². The van der Waals surface area contributed by atoms with Crippen LogP contribution in [0.25, 0.3) is 10.8 Å². The molecule has 0 aliphatic rings. The van der Waals surface area contributed by atoms with E-state index in [-0.39, 0.29) is 31.1 Å². The molecule has 3 aromatic rings. The van der Waals surface area contributed by atoms with E-state index >= 15 is 0 Å². The van der Waals surface area contributed by atoms with Crippen LogP contribution in [0.1, 0.15) is 31.9 Å². The summed E-state index contributed by atoms with van der Waals surface area (Å²) >= 11 is 0. The Kier molecular flexibility index (Phi) is 10.9. The second-order valence-corrected chi connectivity index (χ2v) is 11.6. The standard InChI is InChI=1S/C33H43N3O5/c1-33(2,3)41-32(39)36(7)29(21-25-17-18-26-15-11-12-16-27(26)19-25)31(38)35(6)28(20-24-13-9-8-10-14-24)22-40-23-30(37)34(4)5/h8-19,28-29H,20-23H2,1-7H3. The maximum Gasteiger partial charge on any atom is 0.410 e. The predicted molar refractivity (Wildman–Crippen MR) is 162 cm³/mol. The number of fused-ring (bicyclic) bond motifs is 1. The maximum absolute atomic E-state index is 14.2. The summed E-state index contributed by atoms with van der Waals surface area (Å²) in [5.41, 5.74) is 1.25. The highest BCUT2D eigenvalue weighted by Gasteiger charge is 2.34. The lowest BCUT2D eigenvalue weighted by atomic mass is 9.99. The van der Waals surface area contributed by atoms with Crippen molar-refractivity contribution in [3.05, 3.63) is 83.9 Å². The zero-order valence-corrected chi connectivity index (χ0v) is 25.3. The molecule has 0 aliphatic heterocycles. The molecular weight excluding hydrogens is 518 g/mol. The number of nitrogens with zero attached hydrogens (tertiary/aromatic N) is 3. The second kappa shape index (κ2) is 14.1. The van der Waals surface area contributed by atoms with Crippen molar-refractivity contribution >= 4 is 28.7 Å². The number of rotatable bonds is 11. The normalized spacial score (nSPS) is 12.9. The van der Waals surface area contributed by atoms with Crippen LogP contribution in [0.2, 0.25) is 0 Å². The van der Waals surface area contributed by atoms with Crippen molar-refractivity contribution in [2.24, 2.45) is 0 Å². The van der Waals surface area contributed by atoms with Crippen LogP contribution in [0.15, 0.2) is 72.8 Å². The zero-order valence-electron chi connectivity index (χ0n) is 25.3. The van der Waals surface area contributed by atoms with Gasteiger partial charge in [0.15, 0.2) is 0 Å². The highest BCUT2D eigenvalue weighted by Crippen LogP contribution is 2.21. The summed E-state index contributed by atoms with van der Waals surface area (Å²) in [5.74, 6) is -0.397. The molecular formula is C33H43N3O5. The van der Waals surface area contributed by atoms with Crippen LogP contribution in [0, 0.1) is 0 Å². The Morgan fingerprint density at radius 1 is 0.756 bits per heavy atom. The van der Waals surface area contributed by atoms with Gasteiger partial charge in [-0.3, -0.25) is 14.5 Å². The third-order valence-electron chi connectivity index (χ3n) is 6.92. The number of likely N-dealkylation sites (N-methyl/N-ethyl adjacent to an activating group) is 3. The first-order valence-electron chi connectivity index (χ1n) is 13.9. The topological polar surface area (TPSA) is 79.4 Å². The lowest BCUT2D eigenvalue weighted by Gasteiger charge is -2.35. The highest BCUT2D eigenvalue weighted by atomic mass is 16.6. The molecule has 3 amide bonds. The van der Waals surface area contributed by atoms with Crippen LogP contribution in [-0.2, 0) is 31.9 Å². The Bertz CT molecular complexity index is 1320. The molecule has 8 heteroatoms. The molecule has 3 aromatic carbocycles. The SMILES string of the molecule is CN(C)C(=O)COCC(Cc1ccccc1)N(C)C(=O)C(Cc1ccc2ccccc2c1)N(C)C(=O)OC(C)(C)C. The molecule has 0 saturated heterocycles. The average Bonchev–Trinajstić information content (AvgIpc) is 2.93. The summed E-state index contributed by atoms with van der Waals surface area (Å²) in [6.45, 7) is 5.47. The minimum Gasteiger partial charge on any atom is -0.444 e. The van der Waals surface area contributed by atoms with Crippen LogP contribution >= 0.6 is 0 Å². The largest absolute Gasteiger partial charge is 0.444 e. The number of carbonyl (C=O) groups excluding carboxylic acids is 3. The van der Waals surface area contributed by atoms with E-state index < -0.39 is 17.7 Å². The van der Waals surface area contributed by atoms with E-state index in [0.29, 0.717) is 12.8 Å². The predicted octanol–water partition coefficient (Wildman–Crippen LogP) is 4.79. The molecule has 2 unspecified atom stereocenters. The minimum absolute atomic E-state index is 0.0847. The second-order valence-electron chi connectivity index (χ2n) is 11.6. The van der Waals surface area contributed by atoms with E-state index in [1.54, 1.807) is 53.9 Å². The summed E-state index contributed by atoms with van der Waals surface area (Å²) in [6, 6.07) is 22.7. The smallest absolute Gasteiger partial charge is 0.410 e. The van der Waals surface area contributed by atoms with Crippen LogP contribution in [0.5, 0.6) is 0 Å². The first-order chi connectivity index (χ1) is 19.4. The lowest BCUT2D eigenvalue weighted by Crippen LogP contribution is -2.54. The molecule has 0 N–H and O–H groups in total. The summed E-state index contributed by atoms with van der Waals surface area (Å²) in [5, 5.41) is 2.16. The Labute approximate surface area is 243 Å². The van der Waals surface area contributed by atoms with E-state index in [1.165, 1.54) is 9.80 Å². The summed E-state index contributed by atoms with van der Waals surface area (Å²) < 4.78 is 11.4.